The normalized spacial score (nSPS) is 9.43. The van der Waals surface area contributed by atoms with Gasteiger partial charge in [0.2, 0.25) is 0 Å². The number of rotatable bonds is 1. The molecule has 66 valence electrons. The molecule has 0 saturated carbocycles. The zero-order valence-electron chi connectivity index (χ0n) is 6.95. The van der Waals surface area contributed by atoms with Crippen molar-refractivity contribution in [3.8, 4) is 0 Å². The Kier molecular flexibility index (Phi) is 3.63. The van der Waals surface area contributed by atoms with Gasteiger partial charge < -0.3 is 4.98 Å². The van der Waals surface area contributed by atoms with Crippen molar-refractivity contribution in [3.63, 3.8) is 0 Å². The molecule has 0 aliphatic carbocycles. The third kappa shape index (κ3) is 1.95. The van der Waals surface area contributed by atoms with E-state index < -0.39 is 0 Å². The third-order valence-electron chi connectivity index (χ3n) is 1.82. The number of nitrogens with one attached hydrogen (secondary N) is 1. The van der Waals surface area contributed by atoms with Crippen molar-refractivity contribution in [1.29, 1.82) is 0 Å². The molecule has 0 spiro atoms. The fourth-order valence-electron chi connectivity index (χ4n) is 1.20. The van der Waals surface area contributed by atoms with Gasteiger partial charge in [0.05, 0.1) is 10.9 Å². The summed E-state index contributed by atoms with van der Waals surface area (Å²) in [6.07, 6.45) is 1.52. The summed E-state index contributed by atoms with van der Waals surface area (Å²) in [7, 11) is 0. The summed E-state index contributed by atoms with van der Waals surface area (Å²) in [5.74, 6) is 0.503. The SMILES string of the molecule is C=Cc1nc2ccccc2c(=O)[nH]1.[NaH]. The molecule has 2 rings (SSSR count). The van der Waals surface area contributed by atoms with Crippen LogP contribution >= 0.6 is 0 Å². The van der Waals surface area contributed by atoms with E-state index in [2.05, 4.69) is 16.5 Å². The Morgan fingerprint density at radius 2 is 2.07 bits per heavy atom. The molecule has 3 nitrogen and oxygen atoms in total. The monoisotopic (exact) mass is 196 g/mol. The van der Waals surface area contributed by atoms with Crippen LogP contribution in [0.2, 0.25) is 0 Å². The zero-order valence-corrected chi connectivity index (χ0v) is 6.95. The van der Waals surface area contributed by atoms with Gasteiger partial charge in [-0.3, -0.25) is 4.79 Å². The molecule has 1 aromatic carbocycles. The van der Waals surface area contributed by atoms with Crippen molar-refractivity contribution in [2.24, 2.45) is 0 Å². The number of hydrogen-bond acceptors (Lipinski definition) is 2. The summed E-state index contributed by atoms with van der Waals surface area (Å²) in [5, 5.41) is 0.605. The molecule has 1 aromatic heterocycles. The van der Waals surface area contributed by atoms with E-state index >= 15 is 0 Å². The van der Waals surface area contributed by atoms with Gasteiger partial charge in [-0.1, -0.05) is 18.7 Å². The summed E-state index contributed by atoms with van der Waals surface area (Å²) >= 11 is 0. The van der Waals surface area contributed by atoms with Crippen LogP contribution in [0.15, 0.2) is 35.6 Å². The summed E-state index contributed by atoms with van der Waals surface area (Å²) < 4.78 is 0. The fraction of sp³-hybridized carbons (Fsp3) is 0. The molecular weight excluding hydrogens is 187 g/mol. The van der Waals surface area contributed by atoms with Gasteiger partial charge in [-0.05, 0) is 18.2 Å². The summed E-state index contributed by atoms with van der Waals surface area (Å²) in [4.78, 5) is 18.2. The molecule has 1 N–H and O–H groups in total. The van der Waals surface area contributed by atoms with Crippen LogP contribution in [0.1, 0.15) is 5.82 Å². The van der Waals surface area contributed by atoms with Gasteiger partial charge in [-0.25, -0.2) is 4.98 Å². The fourth-order valence-corrected chi connectivity index (χ4v) is 1.20. The average molecular weight is 196 g/mol. The molecule has 0 fully saturated rings. The minimum atomic E-state index is -0.125. The standard InChI is InChI=1S/C10H8N2O.Na.H/c1-2-9-11-8-6-4-3-5-7(8)10(13)12-9;;/h2-6H,1H2,(H,11,12,13);;. The van der Waals surface area contributed by atoms with Crippen molar-refractivity contribution in [3.05, 3.63) is 47.0 Å². The van der Waals surface area contributed by atoms with Crippen molar-refractivity contribution in [2.45, 2.75) is 0 Å². The Morgan fingerprint density at radius 1 is 1.36 bits per heavy atom. The molecule has 0 aliphatic rings. The van der Waals surface area contributed by atoms with E-state index in [0.717, 1.165) is 0 Å². The molecule has 0 atom stereocenters. The second-order valence-corrected chi connectivity index (χ2v) is 2.67. The van der Waals surface area contributed by atoms with E-state index in [9.17, 15) is 4.79 Å². The van der Waals surface area contributed by atoms with Crippen LogP contribution in [-0.2, 0) is 0 Å². The van der Waals surface area contributed by atoms with Crippen LogP contribution in [0.3, 0.4) is 0 Å². The number of nitrogens with zero attached hydrogens (tertiary/aromatic N) is 1. The number of hydrogen-bond donors (Lipinski definition) is 1. The van der Waals surface area contributed by atoms with Gasteiger partial charge in [0.15, 0.2) is 0 Å². The van der Waals surface area contributed by atoms with Crippen LogP contribution in [-0.4, -0.2) is 39.5 Å². The van der Waals surface area contributed by atoms with Gasteiger partial charge in [0.1, 0.15) is 5.82 Å². The predicted octanol–water partition coefficient (Wildman–Crippen LogP) is 0.918. The van der Waals surface area contributed by atoms with E-state index in [0.29, 0.717) is 16.7 Å². The molecule has 0 bridgehead atoms. The quantitative estimate of drug-likeness (QED) is 0.689. The summed E-state index contributed by atoms with van der Waals surface area (Å²) in [6.45, 7) is 3.55. The first kappa shape index (κ1) is 11.2. The van der Waals surface area contributed by atoms with E-state index in [1.807, 2.05) is 12.1 Å². The van der Waals surface area contributed by atoms with Crippen molar-refractivity contribution in [2.75, 3.05) is 0 Å². The molecule has 0 saturated heterocycles. The van der Waals surface area contributed by atoms with Crippen molar-refractivity contribution >= 4 is 46.5 Å². The topological polar surface area (TPSA) is 45.8 Å². The molecule has 14 heavy (non-hydrogen) atoms. The second-order valence-electron chi connectivity index (χ2n) is 2.67. The van der Waals surface area contributed by atoms with Crippen LogP contribution in [0.25, 0.3) is 17.0 Å². The van der Waals surface area contributed by atoms with Gasteiger partial charge in [-0.2, -0.15) is 0 Å². The molecule has 1 heterocycles. The number of aromatic amines is 1. The van der Waals surface area contributed by atoms with Gasteiger partial charge in [0.25, 0.3) is 5.56 Å². The number of fused-ring (bicyclic) bond motifs is 1. The molecule has 0 unspecified atom stereocenters. The molecule has 0 radical (unpaired) electrons. The molecule has 4 heteroatoms. The Balaban J connectivity index is 0.000000980. The third-order valence-corrected chi connectivity index (χ3v) is 1.82. The van der Waals surface area contributed by atoms with Gasteiger partial charge >= 0.3 is 29.6 Å². The Morgan fingerprint density at radius 3 is 2.79 bits per heavy atom. The second kappa shape index (κ2) is 4.55. The number of aromatic nitrogens is 2. The first-order chi connectivity index (χ1) is 6.31. The predicted molar refractivity (Wildman–Crippen MR) is 59.6 cm³/mol. The number of para-hydroxylation sites is 1. The first-order valence-corrected chi connectivity index (χ1v) is 3.93. The summed E-state index contributed by atoms with van der Waals surface area (Å²) in [5.41, 5.74) is 0.571. The zero-order chi connectivity index (χ0) is 9.26. The van der Waals surface area contributed by atoms with Crippen molar-refractivity contribution < 1.29 is 0 Å². The Bertz CT molecular complexity index is 519. The van der Waals surface area contributed by atoms with Crippen LogP contribution in [0.4, 0.5) is 0 Å². The maximum atomic E-state index is 11.4. The molecule has 0 aliphatic heterocycles. The molecular formula is C10H9N2NaO. The van der Waals surface area contributed by atoms with Gasteiger partial charge in [-0.15, -0.1) is 0 Å². The van der Waals surface area contributed by atoms with Crippen molar-refractivity contribution in [1.82, 2.24) is 9.97 Å². The Hall–Kier alpha value is -0.900. The van der Waals surface area contributed by atoms with Crippen LogP contribution in [0, 0.1) is 0 Å². The van der Waals surface area contributed by atoms with E-state index in [-0.39, 0.29) is 35.1 Å². The summed E-state index contributed by atoms with van der Waals surface area (Å²) in [6, 6.07) is 7.21. The average Bonchev–Trinajstić information content (AvgIpc) is 2.18. The van der Waals surface area contributed by atoms with Crippen LogP contribution in [0.5, 0.6) is 0 Å². The molecule has 2 aromatic rings. The first-order valence-electron chi connectivity index (χ1n) is 3.93. The van der Waals surface area contributed by atoms with Gasteiger partial charge in [0, 0.05) is 0 Å². The maximum absolute atomic E-state index is 11.4. The number of benzene rings is 1. The minimum absolute atomic E-state index is 0. The van der Waals surface area contributed by atoms with E-state index in [1.165, 1.54) is 6.08 Å². The Labute approximate surface area is 103 Å². The molecule has 0 amide bonds. The van der Waals surface area contributed by atoms with Crippen LogP contribution < -0.4 is 5.56 Å². The van der Waals surface area contributed by atoms with E-state index in [4.69, 9.17) is 0 Å². The number of H-pyrrole nitrogens is 1. The van der Waals surface area contributed by atoms with E-state index in [1.54, 1.807) is 12.1 Å².